The number of carbonyl (C=O) groups excluding carboxylic acids is 1. The Morgan fingerprint density at radius 2 is 1.95 bits per heavy atom. The van der Waals surface area contributed by atoms with Gasteiger partial charge in [-0.1, -0.05) is 12.6 Å². The van der Waals surface area contributed by atoms with Crippen molar-refractivity contribution in [1.29, 1.82) is 0 Å². The second kappa shape index (κ2) is 12.4. The number of anilines is 1. The Hall–Kier alpha value is -3.09. The molecule has 0 spiro atoms. The highest BCUT2D eigenvalue weighted by atomic mass is 19.4. The van der Waals surface area contributed by atoms with Crippen molar-refractivity contribution in [1.82, 2.24) is 9.80 Å². The fourth-order valence-electron chi connectivity index (χ4n) is 5.35. The molecule has 0 unspecified atom stereocenters. The molecule has 3 heterocycles. The zero-order valence-corrected chi connectivity index (χ0v) is 22.3. The molecule has 3 saturated heterocycles. The van der Waals surface area contributed by atoms with E-state index in [1.165, 1.54) is 19.2 Å². The Morgan fingerprint density at radius 3 is 2.64 bits per heavy atom. The molecule has 3 aliphatic rings. The highest BCUT2D eigenvalue weighted by Gasteiger charge is 2.39. The molecule has 0 saturated carbocycles. The number of ether oxygens (including phenoxy) is 3. The van der Waals surface area contributed by atoms with Crippen LogP contribution in [0.1, 0.15) is 31.7 Å². The lowest BCUT2D eigenvalue weighted by atomic mass is 9.95. The quantitative estimate of drug-likeness (QED) is 0.242. The predicted molar refractivity (Wildman–Crippen MR) is 141 cm³/mol. The van der Waals surface area contributed by atoms with Crippen LogP contribution in [0.4, 0.5) is 18.9 Å². The molecule has 4 rings (SSSR count). The molecule has 1 amide bonds. The molecule has 0 bridgehead atoms. The molecule has 9 nitrogen and oxygen atoms in total. The van der Waals surface area contributed by atoms with E-state index in [-0.39, 0.29) is 35.1 Å². The minimum atomic E-state index is -4.48. The van der Waals surface area contributed by atoms with Crippen LogP contribution in [0.15, 0.2) is 52.8 Å². The summed E-state index contributed by atoms with van der Waals surface area (Å²) in [5.41, 5.74) is 5.77. The summed E-state index contributed by atoms with van der Waals surface area (Å²) in [5, 5.41) is 2.86. The molecule has 0 aliphatic carbocycles. The number of aliphatic imine (C=N–C) groups is 1. The Bertz CT molecular complexity index is 1110. The summed E-state index contributed by atoms with van der Waals surface area (Å²) in [6.07, 6.45) is -1.86. The van der Waals surface area contributed by atoms with Gasteiger partial charge in [0.15, 0.2) is 0 Å². The van der Waals surface area contributed by atoms with E-state index < -0.39 is 11.7 Å². The summed E-state index contributed by atoms with van der Waals surface area (Å²) in [5.74, 6) is -0.344. The number of hydrogen-bond acceptors (Lipinski definition) is 7. The van der Waals surface area contributed by atoms with E-state index in [0.29, 0.717) is 44.0 Å². The molecule has 0 radical (unpaired) electrons. The maximum atomic E-state index is 13.6. The van der Waals surface area contributed by atoms with Crippen LogP contribution in [0.3, 0.4) is 0 Å². The number of likely N-dealkylation sites (tertiary alicyclic amines) is 1. The van der Waals surface area contributed by atoms with E-state index in [2.05, 4.69) is 21.8 Å². The number of nitrogens with zero attached hydrogens (tertiary/aromatic N) is 3. The number of allylic oxidation sites excluding steroid dienone is 1. The van der Waals surface area contributed by atoms with E-state index in [0.717, 1.165) is 44.5 Å². The van der Waals surface area contributed by atoms with E-state index in [4.69, 9.17) is 19.9 Å². The molecule has 3 aliphatic heterocycles. The standard InChI is InChI=1S/C27H36F3N5O4/c1-17(18(2)32-20-6-4-5-19(15-20)27(28,29)30)24(33-26(31)37-3)25(36)34-10-7-21(8-11-34)35-12-14-39-23-16-38-13-9-22(23)35/h4-6,15,21-23,32H,2,7-14,16H2,1,3H3,(H2,31,33)/b24-17-/t22-,23+/m1/s1. The summed E-state index contributed by atoms with van der Waals surface area (Å²) in [7, 11) is 1.34. The van der Waals surface area contributed by atoms with Gasteiger partial charge in [-0.25, -0.2) is 0 Å². The minimum absolute atomic E-state index is 0.0214. The third-order valence-electron chi connectivity index (χ3n) is 7.52. The normalized spacial score (nSPS) is 24.0. The Balaban J connectivity index is 1.47. The van der Waals surface area contributed by atoms with Crippen LogP contribution >= 0.6 is 0 Å². The smallest absolute Gasteiger partial charge is 0.416 e. The first-order valence-corrected chi connectivity index (χ1v) is 13.1. The van der Waals surface area contributed by atoms with Crippen LogP contribution in [0, 0.1) is 0 Å². The van der Waals surface area contributed by atoms with Crippen LogP contribution in [0.5, 0.6) is 0 Å². The van der Waals surface area contributed by atoms with Crippen molar-refractivity contribution in [3.63, 3.8) is 0 Å². The molecular formula is C27H36F3N5O4. The average molecular weight is 552 g/mol. The lowest BCUT2D eigenvalue weighted by Gasteiger charge is -2.49. The number of amides is 1. The van der Waals surface area contributed by atoms with Crippen molar-refractivity contribution in [3.8, 4) is 0 Å². The molecule has 2 atom stereocenters. The lowest BCUT2D eigenvalue weighted by Crippen LogP contribution is -2.60. The molecule has 3 fully saturated rings. The zero-order valence-electron chi connectivity index (χ0n) is 22.3. The van der Waals surface area contributed by atoms with Crippen LogP contribution in [-0.2, 0) is 25.2 Å². The van der Waals surface area contributed by atoms with Crippen molar-refractivity contribution < 1.29 is 32.2 Å². The highest BCUT2D eigenvalue weighted by molar-refractivity contribution is 5.97. The van der Waals surface area contributed by atoms with E-state index in [9.17, 15) is 18.0 Å². The van der Waals surface area contributed by atoms with Gasteiger partial charge in [0.05, 0.1) is 32.0 Å². The number of amidine groups is 1. The van der Waals surface area contributed by atoms with Crippen molar-refractivity contribution in [3.05, 3.63) is 53.4 Å². The van der Waals surface area contributed by atoms with Gasteiger partial charge in [0.1, 0.15) is 5.70 Å². The van der Waals surface area contributed by atoms with Gasteiger partial charge >= 0.3 is 6.18 Å². The fraction of sp³-hybridized carbons (Fsp3) is 0.556. The van der Waals surface area contributed by atoms with E-state index in [1.54, 1.807) is 11.8 Å². The maximum Gasteiger partial charge on any atom is 0.416 e. The number of nitrogens with two attached hydrogens (primary N) is 1. The number of rotatable bonds is 6. The van der Waals surface area contributed by atoms with Crippen molar-refractivity contribution >= 4 is 17.6 Å². The molecule has 1 aromatic rings. The maximum absolute atomic E-state index is 13.6. The minimum Gasteiger partial charge on any atom is -0.469 e. The van der Waals surface area contributed by atoms with Crippen LogP contribution in [0.25, 0.3) is 0 Å². The summed E-state index contributed by atoms with van der Waals surface area (Å²) in [4.78, 5) is 22.1. The van der Waals surface area contributed by atoms with Gasteiger partial charge < -0.3 is 30.2 Å². The molecule has 12 heteroatoms. The average Bonchev–Trinajstić information content (AvgIpc) is 2.94. The summed E-state index contributed by atoms with van der Waals surface area (Å²) in [6.45, 7) is 9.48. The topological polar surface area (TPSA) is 102 Å². The largest absolute Gasteiger partial charge is 0.469 e. The molecular weight excluding hydrogens is 515 g/mol. The summed E-state index contributed by atoms with van der Waals surface area (Å²) in [6, 6.07) is 5.20. The SMILES string of the molecule is C=C(Nc1cccc(C(F)(F)F)c1)/C(C)=C(\N=C(/N)OC)C(=O)N1CCC(N2CCO[C@H]3COCC[C@H]32)CC1. The van der Waals surface area contributed by atoms with Gasteiger partial charge in [-0.3, -0.25) is 9.69 Å². The van der Waals surface area contributed by atoms with Gasteiger partial charge in [-0.2, -0.15) is 18.2 Å². The van der Waals surface area contributed by atoms with Gasteiger partial charge in [0.25, 0.3) is 11.9 Å². The Labute approximate surface area is 226 Å². The monoisotopic (exact) mass is 551 g/mol. The second-order valence-electron chi connectivity index (χ2n) is 9.91. The summed E-state index contributed by atoms with van der Waals surface area (Å²) < 4.78 is 55.9. The first-order valence-electron chi connectivity index (χ1n) is 13.1. The number of piperidine rings is 1. The number of hydrogen-bond donors (Lipinski definition) is 2. The summed E-state index contributed by atoms with van der Waals surface area (Å²) >= 11 is 0. The molecule has 0 aromatic heterocycles. The molecule has 214 valence electrons. The van der Waals surface area contributed by atoms with Gasteiger partial charge in [-0.15, -0.1) is 0 Å². The van der Waals surface area contributed by atoms with Gasteiger partial charge in [0.2, 0.25) is 0 Å². The number of nitrogens with one attached hydrogen (secondary N) is 1. The Kier molecular flexibility index (Phi) is 9.19. The van der Waals surface area contributed by atoms with Crippen molar-refractivity contribution in [2.45, 2.75) is 50.6 Å². The number of halogens is 3. The molecule has 3 N–H and O–H groups in total. The third kappa shape index (κ3) is 6.92. The number of morpholine rings is 1. The third-order valence-corrected chi connectivity index (χ3v) is 7.52. The molecule has 1 aromatic carbocycles. The van der Waals surface area contributed by atoms with Crippen LogP contribution in [0.2, 0.25) is 0 Å². The van der Waals surface area contributed by atoms with Crippen LogP contribution < -0.4 is 11.1 Å². The number of carbonyl (C=O) groups is 1. The first-order chi connectivity index (χ1) is 18.6. The van der Waals surface area contributed by atoms with Crippen molar-refractivity contribution in [2.24, 2.45) is 10.7 Å². The second-order valence-corrected chi connectivity index (χ2v) is 9.91. The first kappa shape index (κ1) is 28.9. The number of fused-ring (bicyclic) bond motifs is 1. The lowest BCUT2D eigenvalue weighted by molar-refractivity contribution is -0.151. The van der Waals surface area contributed by atoms with E-state index >= 15 is 0 Å². The molecule has 39 heavy (non-hydrogen) atoms. The number of benzene rings is 1. The predicted octanol–water partition coefficient (Wildman–Crippen LogP) is 3.35. The number of methoxy groups -OCH3 is 1. The van der Waals surface area contributed by atoms with E-state index in [1.807, 2.05) is 0 Å². The highest BCUT2D eigenvalue weighted by Crippen LogP contribution is 2.32. The zero-order chi connectivity index (χ0) is 28.2. The Morgan fingerprint density at radius 1 is 1.21 bits per heavy atom. The number of alkyl halides is 3. The van der Waals surface area contributed by atoms with Crippen LogP contribution in [-0.4, -0.2) is 86.5 Å². The fourth-order valence-corrected chi connectivity index (χ4v) is 5.35. The van der Waals surface area contributed by atoms with Gasteiger partial charge in [0, 0.05) is 55.3 Å². The van der Waals surface area contributed by atoms with Crippen molar-refractivity contribution in [2.75, 3.05) is 51.9 Å². The van der Waals surface area contributed by atoms with Gasteiger partial charge in [-0.05, 0) is 44.4 Å².